The van der Waals surface area contributed by atoms with Gasteiger partial charge >= 0.3 is 6.03 Å². The standard InChI is InChI=1S/C21H21N5O2/c1-2-28-18-8-9-19-15(13-18)12-16(14-22)20(26-19)23-10-11-24-21(27)25-17-6-4-3-5-7-17/h3-9,12-13H,2,10-11H2,1H3,(H,23,26)(H2,24,25,27)/p+1. The molecule has 2 amide bonds. The molecule has 0 saturated carbocycles. The number of hydrogen-bond acceptors (Lipinski definition) is 4. The number of nitriles is 1. The molecule has 0 radical (unpaired) electrons. The summed E-state index contributed by atoms with van der Waals surface area (Å²) >= 11 is 0. The quantitative estimate of drug-likeness (QED) is 0.552. The number of anilines is 2. The molecule has 0 aliphatic rings. The molecule has 0 spiro atoms. The fourth-order valence-corrected chi connectivity index (χ4v) is 2.75. The van der Waals surface area contributed by atoms with Crippen LogP contribution in [0.4, 0.5) is 16.3 Å². The van der Waals surface area contributed by atoms with E-state index in [9.17, 15) is 10.1 Å². The van der Waals surface area contributed by atoms with Crippen molar-refractivity contribution in [3.05, 3.63) is 60.2 Å². The molecule has 0 aliphatic heterocycles. The molecule has 3 aromatic rings. The number of pyridine rings is 1. The van der Waals surface area contributed by atoms with Crippen LogP contribution in [-0.4, -0.2) is 25.7 Å². The van der Waals surface area contributed by atoms with Crippen LogP contribution >= 0.6 is 0 Å². The van der Waals surface area contributed by atoms with E-state index in [1.54, 1.807) is 0 Å². The number of urea groups is 1. The predicted octanol–water partition coefficient (Wildman–Crippen LogP) is 3.16. The minimum Gasteiger partial charge on any atom is -0.494 e. The van der Waals surface area contributed by atoms with Crippen LogP contribution in [0.3, 0.4) is 0 Å². The molecule has 4 N–H and O–H groups in total. The first kappa shape index (κ1) is 19.0. The molecule has 1 heterocycles. The molecule has 0 saturated heterocycles. The number of nitrogens with zero attached hydrogens (tertiary/aromatic N) is 1. The molecular weight excluding hydrogens is 354 g/mol. The van der Waals surface area contributed by atoms with Gasteiger partial charge in [-0.3, -0.25) is 5.32 Å². The number of carbonyl (C=O) groups is 1. The first-order valence-electron chi connectivity index (χ1n) is 9.06. The third kappa shape index (κ3) is 4.89. The minimum absolute atomic E-state index is 0.278. The van der Waals surface area contributed by atoms with E-state index in [1.807, 2.05) is 61.5 Å². The lowest BCUT2D eigenvalue weighted by atomic mass is 10.1. The number of aromatic amines is 1. The van der Waals surface area contributed by atoms with Crippen LogP contribution in [-0.2, 0) is 0 Å². The van der Waals surface area contributed by atoms with Gasteiger partial charge in [-0.15, -0.1) is 0 Å². The number of hydrogen-bond donors (Lipinski definition) is 3. The van der Waals surface area contributed by atoms with Gasteiger partial charge in [-0.05, 0) is 43.3 Å². The van der Waals surface area contributed by atoms with Crippen LogP contribution in [0.1, 0.15) is 12.5 Å². The van der Waals surface area contributed by atoms with Crippen LogP contribution in [0, 0.1) is 11.3 Å². The third-order valence-corrected chi connectivity index (χ3v) is 4.03. The number of fused-ring (bicyclic) bond motifs is 1. The van der Waals surface area contributed by atoms with Gasteiger partial charge in [-0.1, -0.05) is 18.2 Å². The Morgan fingerprint density at radius 3 is 2.71 bits per heavy atom. The van der Waals surface area contributed by atoms with Crippen LogP contribution in [0.2, 0.25) is 0 Å². The Balaban J connectivity index is 1.58. The molecule has 3 rings (SSSR count). The summed E-state index contributed by atoms with van der Waals surface area (Å²) in [5.41, 5.74) is 2.11. The fraction of sp³-hybridized carbons (Fsp3) is 0.190. The Bertz CT molecular complexity index is 999. The van der Waals surface area contributed by atoms with Crippen molar-refractivity contribution in [3.63, 3.8) is 0 Å². The number of ether oxygens (including phenoxy) is 1. The number of aromatic nitrogens is 1. The van der Waals surface area contributed by atoms with E-state index in [0.717, 1.165) is 22.3 Å². The van der Waals surface area contributed by atoms with E-state index in [-0.39, 0.29) is 6.03 Å². The molecular formula is C21H22N5O2+. The Morgan fingerprint density at radius 1 is 1.14 bits per heavy atom. The van der Waals surface area contributed by atoms with Crippen LogP contribution in [0.25, 0.3) is 10.9 Å². The van der Waals surface area contributed by atoms with Gasteiger partial charge in [0.15, 0.2) is 0 Å². The molecule has 7 nitrogen and oxygen atoms in total. The SMILES string of the molecule is CCOc1ccc2[nH+]c(NCCNC(=O)Nc3ccccc3)c(C#N)cc2c1. The zero-order valence-corrected chi connectivity index (χ0v) is 15.6. The number of nitrogens with one attached hydrogen (secondary N) is 4. The van der Waals surface area contributed by atoms with Gasteiger partial charge < -0.3 is 15.4 Å². The van der Waals surface area contributed by atoms with Crippen LogP contribution < -0.4 is 25.7 Å². The summed E-state index contributed by atoms with van der Waals surface area (Å²) in [4.78, 5) is 15.1. The smallest absolute Gasteiger partial charge is 0.319 e. The Hall–Kier alpha value is -3.79. The summed E-state index contributed by atoms with van der Waals surface area (Å²) in [5, 5.41) is 19.0. The highest BCUT2D eigenvalue weighted by Gasteiger charge is 2.13. The normalized spacial score (nSPS) is 10.1. The zero-order valence-electron chi connectivity index (χ0n) is 15.6. The first-order valence-corrected chi connectivity index (χ1v) is 9.06. The van der Waals surface area contributed by atoms with Crippen molar-refractivity contribution >= 4 is 28.4 Å². The van der Waals surface area contributed by atoms with E-state index >= 15 is 0 Å². The number of benzene rings is 2. The molecule has 0 bridgehead atoms. The number of amides is 2. The van der Waals surface area contributed by atoms with Crippen LogP contribution in [0.15, 0.2) is 54.6 Å². The van der Waals surface area contributed by atoms with Gasteiger partial charge in [0.1, 0.15) is 29.4 Å². The Morgan fingerprint density at radius 2 is 1.96 bits per heavy atom. The molecule has 7 heteroatoms. The van der Waals surface area contributed by atoms with Gasteiger partial charge in [0.05, 0.1) is 13.2 Å². The summed E-state index contributed by atoms with van der Waals surface area (Å²) in [6.45, 7) is 3.39. The van der Waals surface area contributed by atoms with Gasteiger partial charge in [-0.2, -0.15) is 5.26 Å². The Kier molecular flexibility index (Phi) is 6.26. The second-order valence-electron chi connectivity index (χ2n) is 6.03. The van der Waals surface area contributed by atoms with Gasteiger partial charge in [0.25, 0.3) is 5.82 Å². The van der Waals surface area contributed by atoms with Gasteiger partial charge in [0, 0.05) is 11.1 Å². The predicted molar refractivity (Wildman–Crippen MR) is 108 cm³/mol. The summed E-state index contributed by atoms with van der Waals surface area (Å²) in [7, 11) is 0. The number of carbonyl (C=O) groups excluding carboxylic acids is 1. The largest absolute Gasteiger partial charge is 0.494 e. The second-order valence-corrected chi connectivity index (χ2v) is 6.03. The lowest BCUT2D eigenvalue weighted by molar-refractivity contribution is -0.327. The highest BCUT2D eigenvalue weighted by Crippen LogP contribution is 2.21. The lowest BCUT2D eigenvalue weighted by Crippen LogP contribution is -2.33. The molecule has 0 atom stereocenters. The van der Waals surface area contributed by atoms with E-state index in [2.05, 4.69) is 27.0 Å². The molecule has 0 aliphatic carbocycles. The topological polar surface area (TPSA) is 100 Å². The van der Waals surface area contributed by atoms with Crippen LogP contribution in [0.5, 0.6) is 5.75 Å². The van der Waals surface area contributed by atoms with Crippen molar-refractivity contribution in [1.82, 2.24) is 5.32 Å². The monoisotopic (exact) mass is 376 g/mol. The molecule has 142 valence electrons. The maximum Gasteiger partial charge on any atom is 0.319 e. The van der Waals surface area contributed by atoms with E-state index in [1.165, 1.54) is 0 Å². The van der Waals surface area contributed by atoms with Crippen molar-refractivity contribution in [2.75, 3.05) is 30.3 Å². The average molecular weight is 376 g/mol. The number of para-hydroxylation sites is 1. The summed E-state index contributed by atoms with van der Waals surface area (Å²) in [6.07, 6.45) is 0. The van der Waals surface area contributed by atoms with Gasteiger partial charge in [-0.25, -0.2) is 9.78 Å². The van der Waals surface area contributed by atoms with E-state index in [0.29, 0.717) is 31.1 Å². The van der Waals surface area contributed by atoms with Crippen molar-refractivity contribution in [3.8, 4) is 11.8 Å². The highest BCUT2D eigenvalue weighted by atomic mass is 16.5. The molecule has 28 heavy (non-hydrogen) atoms. The molecule has 2 aromatic carbocycles. The zero-order chi connectivity index (χ0) is 19.8. The lowest BCUT2D eigenvalue weighted by Gasteiger charge is -2.08. The van der Waals surface area contributed by atoms with E-state index in [4.69, 9.17) is 4.74 Å². The molecule has 0 fully saturated rings. The van der Waals surface area contributed by atoms with E-state index < -0.39 is 0 Å². The summed E-state index contributed by atoms with van der Waals surface area (Å²) < 4.78 is 5.50. The van der Waals surface area contributed by atoms with Crippen molar-refractivity contribution in [2.45, 2.75) is 6.92 Å². The summed E-state index contributed by atoms with van der Waals surface area (Å²) in [5.74, 6) is 1.38. The van der Waals surface area contributed by atoms with Crippen molar-refractivity contribution in [2.24, 2.45) is 0 Å². The minimum atomic E-state index is -0.278. The maximum absolute atomic E-state index is 11.9. The second kappa shape index (κ2) is 9.24. The highest BCUT2D eigenvalue weighted by molar-refractivity contribution is 5.89. The maximum atomic E-state index is 11.9. The average Bonchev–Trinajstić information content (AvgIpc) is 2.71. The first-order chi connectivity index (χ1) is 13.7. The number of H-pyrrole nitrogens is 1. The third-order valence-electron chi connectivity index (χ3n) is 4.03. The fourth-order valence-electron chi connectivity index (χ4n) is 2.75. The van der Waals surface area contributed by atoms with Gasteiger partial charge in [0.2, 0.25) is 0 Å². The number of rotatable bonds is 7. The van der Waals surface area contributed by atoms with Crippen molar-refractivity contribution < 1.29 is 14.5 Å². The molecule has 0 unspecified atom stereocenters. The molecule has 1 aromatic heterocycles. The van der Waals surface area contributed by atoms with Crippen molar-refractivity contribution in [1.29, 1.82) is 5.26 Å². The Labute approximate surface area is 163 Å². The summed E-state index contributed by atoms with van der Waals surface area (Å²) in [6, 6.07) is 18.6.